The van der Waals surface area contributed by atoms with Gasteiger partial charge < -0.3 is 14.8 Å². The summed E-state index contributed by atoms with van der Waals surface area (Å²) in [5.41, 5.74) is 0.924. The Morgan fingerprint density at radius 3 is 2.87 bits per heavy atom. The molecule has 0 spiro atoms. The molecule has 1 rings (SSSR count). The van der Waals surface area contributed by atoms with Crippen LogP contribution in [-0.2, 0) is 16.0 Å². The average Bonchev–Trinajstić information content (AvgIpc) is 2.66. The molecule has 0 aliphatic carbocycles. The Kier molecular flexibility index (Phi) is 3.91. The molecule has 5 heteroatoms. The first kappa shape index (κ1) is 11.3. The molecular weight excluding hydrogens is 198 g/mol. The first-order valence-corrected chi connectivity index (χ1v) is 4.63. The number of hydrogen-bond acceptors (Lipinski definition) is 3. The Hall–Kier alpha value is -1.78. The second-order valence-electron chi connectivity index (χ2n) is 3.26. The van der Waals surface area contributed by atoms with Gasteiger partial charge in [0.15, 0.2) is 0 Å². The first-order chi connectivity index (χ1) is 7.09. The molecule has 2 N–H and O–H groups in total. The van der Waals surface area contributed by atoms with Gasteiger partial charge in [-0.05, 0) is 25.0 Å². The molecule has 1 aromatic rings. The molecule has 0 saturated carbocycles. The number of carboxylic acids is 1. The Balaban J connectivity index is 2.28. The van der Waals surface area contributed by atoms with Crippen LogP contribution in [0.5, 0.6) is 0 Å². The van der Waals surface area contributed by atoms with Crippen molar-refractivity contribution in [2.75, 3.05) is 0 Å². The van der Waals surface area contributed by atoms with Crippen LogP contribution < -0.4 is 5.32 Å². The van der Waals surface area contributed by atoms with Gasteiger partial charge in [0.1, 0.15) is 6.04 Å². The van der Waals surface area contributed by atoms with Crippen molar-refractivity contribution in [1.82, 2.24) is 5.32 Å². The third-order valence-corrected chi connectivity index (χ3v) is 1.97. The van der Waals surface area contributed by atoms with E-state index in [2.05, 4.69) is 5.32 Å². The molecule has 0 fully saturated rings. The molecule has 1 aromatic heterocycles. The first-order valence-electron chi connectivity index (χ1n) is 4.63. The minimum absolute atomic E-state index is 0.261. The number of amides is 1. The van der Waals surface area contributed by atoms with E-state index < -0.39 is 12.0 Å². The van der Waals surface area contributed by atoms with E-state index in [9.17, 15) is 9.59 Å². The summed E-state index contributed by atoms with van der Waals surface area (Å²) in [7, 11) is 0. The van der Waals surface area contributed by atoms with E-state index in [1.807, 2.05) is 0 Å². The number of aliphatic carboxylic acids is 1. The highest BCUT2D eigenvalue weighted by Gasteiger charge is 2.13. The maximum absolute atomic E-state index is 11.2. The van der Waals surface area contributed by atoms with Crippen LogP contribution in [-0.4, -0.2) is 23.0 Å². The predicted octanol–water partition coefficient (Wildman–Crippen LogP) is 0.802. The van der Waals surface area contributed by atoms with Gasteiger partial charge in [0, 0.05) is 6.42 Å². The highest BCUT2D eigenvalue weighted by Crippen LogP contribution is 2.03. The summed E-state index contributed by atoms with van der Waals surface area (Å²) in [5, 5.41) is 10.9. The lowest BCUT2D eigenvalue weighted by atomic mass is 10.2. The maximum atomic E-state index is 11.2. The van der Waals surface area contributed by atoms with E-state index in [0.717, 1.165) is 5.56 Å². The topological polar surface area (TPSA) is 79.5 Å². The summed E-state index contributed by atoms with van der Waals surface area (Å²) in [6, 6.07) is 0.926. The molecule has 1 unspecified atom stereocenters. The molecule has 1 amide bonds. The van der Waals surface area contributed by atoms with Crippen LogP contribution in [0.15, 0.2) is 23.0 Å². The van der Waals surface area contributed by atoms with Crippen LogP contribution in [0.2, 0.25) is 0 Å². The van der Waals surface area contributed by atoms with Gasteiger partial charge >= 0.3 is 5.97 Å². The van der Waals surface area contributed by atoms with Crippen molar-refractivity contribution in [2.45, 2.75) is 25.8 Å². The van der Waals surface area contributed by atoms with Crippen molar-refractivity contribution in [3.8, 4) is 0 Å². The number of rotatable bonds is 5. The van der Waals surface area contributed by atoms with Crippen LogP contribution in [0, 0.1) is 0 Å². The number of furan rings is 1. The van der Waals surface area contributed by atoms with Crippen LogP contribution >= 0.6 is 0 Å². The lowest BCUT2D eigenvalue weighted by Gasteiger charge is -2.08. The van der Waals surface area contributed by atoms with Crippen LogP contribution in [0.3, 0.4) is 0 Å². The number of carbonyl (C=O) groups excluding carboxylic acids is 1. The van der Waals surface area contributed by atoms with Crippen molar-refractivity contribution in [3.63, 3.8) is 0 Å². The molecule has 1 atom stereocenters. The Morgan fingerprint density at radius 2 is 2.33 bits per heavy atom. The molecular formula is C10H13NO4. The van der Waals surface area contributed by atoms with E-state index in [-0.39, 0.29) is 12.3 Å². The number of hydrogen-bond donors (Lipinski definition) is 2. The van der Waals surface area contributed by atoms with Gasteiger partial charge in [-0.2, -0.15) is 0 Å². The van der Waals surface area contributed by atoms with Crippen LogP contribution in [0.25, 0.3) is 0 Å². The van der Waals surface area contributed by atoms with E-state index >= 15 is 0 Å². The summed E-state index contributed by atoms with van der Waals surface area (Å²) in [6.07, 6.45) is 3.91. The van der Waals surface area contributed by atoms with Crippen molar-refractivity contribution >= 4 is 11.9 Å². The number of nitrogens with one attached hydrogen (secondary N) is 1. The molecule has 0 radical (unpaired) electrons. The average molecular weight is 211 g/mol. The second kappa shape index (κ2) is 5.19. The lowest BCUT2D eigenvalue weighted by Crippen LogP contribution is -2.38. The smallest absolute Gasteiger partial charge is 0.325 e. The van der Waals surface area contributed by atoms with Crippen LogP contribution in [0.4, 0.5) is 0 Å². The standard InChI is InChI=1S/C10H13NO4/c1-7(10(13)14)11-9(12)3-2-8-4-5-15-6-8/h4-7H,2-3H2,1H3,(H,11,12)(H,13,14). The Labute approximate surface area is 87.1 Å². The molecule has 82 valence electrons. The number of carbonyl (C=O) groups is 2. The monoisotopic (exact) mass is 211 g/mol. The van der Waals surface area contributed by atoms with E-state index in [0.29, 0.717) is 6.42 Å². The minimum Gasteiger partial charge on any atom is -0.480 e. The fourth-order valence-electron chi connectivity index (χ4n) is 1.07. The normalized spacial score (nSPS) is 12.1. The molecule has 0 saturated heterocycles. The zero-order chi connectivity index (χ0) is 11.3. The highest BCUT2D eigenvalue weighted by molar-refractivity contribution is 5.83. The molecule has 1 heterocycles. The highest BCUT2D eigenvalue weighted by atomic mass is 16.4. The third kappa shape index (κ3) is 3.84. The summed E-state index contributed by atoms with van der Waals surface area (Å²) < 4.78 is 4.84. The van der Waals surface area contributed by atoms with E-state index in [4.69, 9.17) is 9.52 Å². The van der Waals surface area contributed by atoms with Gasteiger partial charge in [-0.3, -0.25) is 9.59 Å². The van der Waals surface area contributed by atoms with Gasteiger partial charge in [0.2, 0.25) is 5.91 Å². The quantitative estimate of drug-likeness (QED) is 0.755. The van der Waals surface area contributed by atoms with Crippen molar-refractivity contribution in [3.05, 3.63) is 24.2 Å². The molecule has 5 nitrogen and oxygen atoms in total. The zero-order valence-electron chi connectivity index (χ0n) is 8.40. The van der Waals surface area contributed by atoms with Gasteiger partial charge in [0.25, 0.3) is 0 Å². The molecule has 0 bridgehead atoms. The third-order valence-electron chi connectivity index (χ3n) is 1.97. The zero-order valence-corrected chi connectivity index (χ0v) is 8.40. The van der Waals surface area contributed by atoms with Crippen molar-refractivity contribution in [1.29, 1.82) is 0 Å². The molecule has 0 aromatic carbocycles. The SMILES string of the molecule is CC(NC(=O)CCc1ccoc1)C(=O)O. The minimum atomic E-state index is -1.04. The summed E-state index contributed by atoms with van der Waals surface area (Å²) >= 11 is 0. The van der Waals surface area contributed by atoms with E-state index in [1.54, 1.807) is 12.3 Å². The maximum Gasteiger partial charge on any atom is 0.325 e. The molecule has 0 aliphatic rings. The van der Waals surface area contributed by atoms with Crippen LogP contribution in [0.1, 0.15) is 18.9 Å². The lowest BCUT2D eigenvalue weighted by molar-refractivity contribution is -0.141. The van der Waals surface area contributed by atoms with Crippen molar-refractivity contribution < 1.29 is 19.1 Å². The fraction of sp³-hybridized carbons (Fsp3) is 0.400. The fourth-order valence-corrected chi connectivity index (χ4v) is 1.07. The van der Waals surface area contributed by atoms with Gasteiger partial charge in [-0.1, -0.05) is 0 Å². The largest absolute Gasteiger partial charge is 0.480 e. The summed E-state index contributed by atoms with van der Waals surface area (Å²) in [5.74, 6) is -1.31. The Bertz CT molecular complexity index is 331. The summed E-state index contributed by atoms with van der Waals surface area (Å²) in [6.45, 7) is 1.43. The Morgan fingerprint density at radius 1 is 1.60 bits per heavy atom. The predicted molar refractivity (Wildman–Crippen MR) is 52.3 cm³/mol. The molecule has 0 aliphatic heterocycles. The number of aryl methyl sites for hydroxylation is 1. The molecule has 15 heavy (non-hydrogen) atoms. The van der Waals surface area contributed by atoms with Gasteiger partial charge in [-0.25, -0.2) is 0 Å². The van der Waals surface area contributed by atoms with Gasteiger partial charge in [0.05, 0.1) is 12.5 Å². The number of carboxylic acid groups (broad SMARTS) is 1. The summed E-state index contributed by atoms with van der Waals surface area (Å²) in [4.78, 5) is 21.7. The second-order valence-corrected chi connectivity index (χ2v) is 3.26. The van der Waals surface area contributed by atoms with Crippen molar-refractivity contribution in [2.24, 2.45) is 0 Å². The van der Waals surface area contributed by atoms with Gasteiger partial charge in [-0.15, -0.1) is 0 Å². The van der Waals surface area contributed by atoms with E-state index in [1.165, 1.54) is 13.2 Å².